The predicted molar refractivity (Wildman–Crippen MR) is 99.5 cm³/mol. The first-order chi connectivity index (χ1) is 12.9. The summed E-state index contributed by atoms with van der Waals surface area (Å²) >= 11 is 0. The van der Waals surface area contributed by atoms with Gasteiger partial charge in [0.2, 0.25) is 0 Å². The van der Waals surface area contributed by atoms with Gasteiger partial charge in [0.25, 0.3) is 0 Å². The second-order valence-corrected chi connectivity index (χ2v) is 6.52. The summed E-state index contributed by atoms with van der Waals surface area (Å²) in [6.07, 6.45) is 9.59. The fourth-order valence-corrected chi connectivity index (χ4v) is 3.81. The van der Waals surface area contributed by atoms with Gasteiger partial charge in [-0.3, -0.25) is 4.98 Å². The molecule has 0 bridgehead atoms. The Labute approximate surface area is 151 Å². The number of fused-ring (bicyclic) bond motifs is 1. The van der Waals surface area contributed by atoms with E-state index in [9.17, 15) is 0 Å². The van der Waals surface area contributed by atoms with Gasteiger partial charge in [-0.05, 0) is 73.2 Å². The van der Waals surface area contributed by atoms with Crippen molar-refractivity contribution in [3.63, 3.8) is 0 Å². The zero-order valence-corrected chi connectivity index (χ0v) is 14.3. The van der Waals surface area contributed by atoms with Crippen molar-refractivity contribution in [3.05, 3.63) is 72.3 Å². The Morgan fingerprint density at radius 1 is 0.731 bits per heavy atom. The monoisotopic (exact) mass is 342 g/mol. The highest BCUT2D eigenvalue weighted by atomic mass is 16.3. The Morgan fingerprint density at radius 3 is 2.19 bits per heavy atom. The number of pyridine rings is 2. The summed E-state index contributed by atoms with van der Waals surface area (Å²) in [6, 6.07) is 13.7. The Kier molecular flexibility index (Phi) is 3.67. The van der Waals surface area contributed by atoms with Gasteiger partial charge in [-0.1, -0.05) is 6.07 Å². The van der Waals surface area contributed by atoms with Crippen LogP contribution in [0.1, 0.15) is 24.0 Å². The molecule has 0 saturated heterocycles. The highest BCUT2D eigenvalue weighted by Gasteiger charge is 2.26. The van der Waals surface area contributed by atoms with Gasteiger partial charge >= 0.3 is 0 Å². The molecule has 0 fully saturated rings. The number of hydrogen-bond acceptors (Lipinski definition) is 4. The van der Waals surface area contributed by atoms with Gasteiger partial charge in [-0.2, -0.15) is 0 Å². The van der Waals surface area contributed by atoms with Crippen LogP contribution in [0.5, 0.6) is 0 Å². The molecule has 0 aliphatic heterocycles. The average Bonchev–Trinajstić information content (AvgIpc) is 3.41. The molecular weight excluding hydrogens is 324 g/mol. The van der Waals surface area contributed by atoms with Gasteiger partial charge < -0.3 is 8.83 Å². The first kappa shape index (κ1) is 15.1. The van der Waals surface area contributed by atoms with Crippen LogP contribution in [0.15, 0.2) is 70.0 Å². The van der Waals surface area contributed by atoms with Crippen molar-refractivity contribution in [3.8, 4) is 34.2 Å². The van der Waals surface area contributed by atoms with E-state index in [2.05, 4.69) is 4.98 Å². The van der Waals surface area contributed by atoms with E-state index >= 15 is 0 Å². The minimum Gasteiger partial charge on any atom is -0.464 e. The predicted octanol–water partition coefficient (Wildman–Crippen LogP) is 5.54. The van der Waals surface area contributed by atoms with Crippen LogP contribution in [0.2, 0.25) is 0 Å². The lowest BCUT2D eigenvalue weighted by Gasteiger charge is -2.23. The maximum atomic E-state index is 5.77. The van der Waals surface area contributed by atoms with Crippen molar-refractivity contribution in [2.24, 2.45) is 0 Å². The summed E-state index contributed by atoms with van der Waals surface area (Å²) in [7, 11) is 0. The van der Waals surface area contributed by atoms with Crippen LogP contribution >= 0.6 is 0 Å². The second kappa shape index (κ2) is 6.30. The summed E-state index contributed by atoms with van der Waals surface area (Å²) in [4.78, 5) is 9.59. The van der Waals surface area contributed by atoms with Crippen molar-refractivity contribution >= 4 is 0 Å². The van der Waals surface area contributed by atoms with E-state index in [1.807, 2.05) is 48.7 Å². The molecule has 128 valence electrons. The number of hydrogen-bond donors (Lipinski definition) is 0. The number of aromatic nitrogens is 2. The molecule has 1 aliphatic carbocycles. The largest absolute Gasteiger partial charge is 0.464 e. The molecular formula is C22H18N2O2. The van der Waals surface area contributed by atoms with E-state index in [1.165, 1.54) is 24.0 Å². The van der Waals surface area contributed by atoms with Crippen LogP contribution in [0.4, 0.5) is 0 Å². The van der Waals surface area contributed by atoms with Gasteiger partial charge in [0.15, 0.2) is 5.76 Å². The van der Waals surface area contributed by atoms with Gasteiger partial charge in [0.05, 0.1) is 29.5 Å². The summed E-state index contributed by atoms with van der Waals surface area (Å²) < 4.78 is 11.5. The molecule has 0 unspecified atom stereocenters. The summed E-state index contributed by atoms with van der Waals surface area (Å²) in [6.45, 7) is 0. The van der Waals surface area contributed by atoms with Crippen LogP contribution < -0.4 is 0 Å². The van der Waals surface area contributed by atoms with E-state index in [4.69, 9.17) is 13.8 Å². The number of furan rings is 2. The molecule has 0 amide bonds. The second-order valence-electron chi connectivity index (χ2n) is 6.52. The van der Waals surface area contributed by atoms with Crippen LogP contribution in [0.3, 0.4) is 0 Å². The summed E-state index contributed by atoms with van der Waals surface area (Å²) in [5, 5.41) is 0. The van der Waals surface area contributed by atoms with Crippen LogP contribution in [0, 0.1) is 0 Å². The Balaban J connectivity index is 1.85. The first-order valence-corrected chi connectivity index (χ1v) is 8.97. The molecule has 4 aromatic heterocycles. The zero-order valence-electron chi connectivity index (χ0n) is 14.3. The van der Waals surface area contributed by atoms with Gasteiger partial charge in [-0.15, -0.1) is 0 Å². The molecule has 4 nitrogen and oxygen atoms in total. The van der Waals surface area contributed by atoms with Crippen LogP contribution in [-0.4, -0.2) is 9.97 Å². The minimum absolute atomic E-state index is 0.752. The van der Waals surface area contributed by atoms with E-state index in [1.54, 1.807) is 12.5 Å². The minimum atomic E-state index is 0.752. The average molecular weight is 342 g/mol. The van der Waals surface area contributed by atoms with Crippen molar-refractivity contribution in [2.45, 2.75) is 25.7 Å². The normalized spacial score (nSPS) is 13.5. The lowest BCUT2D eigenvalue weighted by atomic mass is 9.84. The molecule has 0 aromatic carbocycles. The third kappa shape index (κ3) is 2.46. The number of rotatable bonds is 3. The molecule has 1 aliphatic rings. The molecule has 0 saturated carbocycles. The van der Waals surface area contributed by atoms with Crippen LogP contribution in [-0.2, 0) is 12.8 Å². The van der Waals surface area contributed by atoms with Crippen molar-refractivity contribution in [1.82, 2.24) is 9.97 Å². The quantitative estimate of drug-likeness (QED) is 0.490. The Morgan fingerprint density at radius 2 is 1.50 bits per heavy atom. The molecule has 0 atom stereocenters. The first-order valence-electron chi connectivity index (χ1n) is 8.97. The lowest BCUT2D eigenvalue weighted by Crippen LogP contribution is -2.10. The molecule has 4 heterocycles. The molecule has 5 rings (SSSR count). The fraction of sp³-hybridized carbons (Fsp3) is 0.182. The van der Waals surface area contributed by atoms with Gasteiger partial charge in [-0.25, -0.2) is 4.98 Å². The summed E-state index contributed by atoms with van der Waals surface area (Å²) in [5.41, 5.74) is 6.35. The third-order valence-electron chi connectivity index (χ3n) is 4.95. The van der Waals surface area contributed by atoms with E-state index < -0.39 is 0 Å². The molecule has 0 spiro atoms. The fourth-order valence-electron chi connectivity index (χ4n) is 3.81. The topological polar surface area (TPSA) is 52.1 Å². The lowest BCUT2D eigenvalue weighted by molar-refractivity contribution is 0.571. The third-order valence-corrected chi connectivity index (χ3v) is 4.95. The highest BCUT2D eigenvalue weighted by molar-refractivity contribution is 5.83. The SMILES string of the molecule is c1ccc(-c2nc(-c3ccco3)c(-c3ccco3)c3c2CCCC3)nc1. The molecule has 4 aromatic rings. The standard InChI is InChI=1S/C22H18N2O2/c1-2-8-16-15(7-1)20(18-10-5-13-25-18)22(19-11-6-14-26-19)24-21(16)17-9-3-4-12-23-17/h3-6,9-14H,1-2,7-8H2. The smallest absolute Gasteiger partial charge is 0.153 e. The van der Waals surface area contributed by atoms with E-state index in [-0.39, 0.29) is 0 Å². The van der Waals surface area contributed by atoms with Crippen molar-refractivity contribution in [1.29, 1.82) is 0 Å². The van der Waals surface area contributed by atoms with E-state index in [0.29, 0.717) is 0 Å². The highest BCUT2D eigenvalue weighted by Crippen LogP contribution is 2.42. The molecule has 26 heavy (non-hydrogen) atoms. The van der Waals surface area contributed by atoms with Crippen molar-refractivity contribution in [2.75, 3.05) is 0 Å². The molecule has 0 N–H and O–H groups in total. The van der Waals surface area contributed by atoms with Gasteiger partial charge in [0, 0.05) is 6.20 Å². The van der Waals surface area contributed by atoms with Crippen molar-refractivity contribution < 1.29 is 8.83 Å². The maximum absolute atomic E-state index is 5.77. The molecule has 0 radical (unpaired) electrons. The Bertz CT molecular complexity index is 1020. The summed E-state index contributed by atoms with van der Waals surface area (Å²) in [5.74, 6) is 1.59. The zero-order chi connectivity index (χ0) is 17.3. The number of nitrogens with zero attached hydrogens (tertiary/aromatic N) is 2. The van der Waals surface area contributed by atoms with E-state index in [0.717, 1.165) is 47.0 Å². The molecule has 4 heteroatoms. The van der Waals surface area contributed by atoms with Gasteiger partial charge in [0.1, 0.15) is 11.5 Å². The maximum Gasteiger partial charge on any atom is 0.153 e. The van der Waals surface area contributed by atoms with Crippen LogP contribution in [0.25, 0.3) is 34.2 Å². The Hall–Kier alpha value is -3.14.